The lowest BCUT2D eigenvalue weighted by molar-refractivity contribution is -0.125. The van der Waals surface area contributed by atoms with Gasteiger partial charge in [-0.2, -0.15) is 10.2 Å². The van der Waals surface area contributed by atoms with Gasteiger partial charge in [0.25, 0.3) is 0 Å². The maximum Gasteiger partial charge on any atom is 0.241 e. The van der Waals surface area contributed by atoms with Crippen molar-refractivity contribution in [2.75, 3.05) is 26.3 Å². The predicted molar refractivity (Wildman–Crippen MR) is 56.4 cm³/mol. The molecule has 2 rings (SSSR count). The predicted octanol–water partition coefficient (Wildman–Crippen LogP) is -0.665. The van der Waals surface area contributed by atoms with Gasteiger partial charge in [-0.25, -0.2) is 0 Å². The highest BCUT2D eigenvalue weighted by molar-refractivity contribution is 5.80. The lowest BCUT2D eigenvalue weighted by Gasteiger charge is -2.31. The van der Waals surface area contributed by atoms with E-state index in [1.807, 2.05) is 4.90 Å². The van der Waals surface area contributed by atoms with Gasteiger partial charge in [0.1, 0.15) is 6.04 Å². The number of amides is 1. The van der Waals surface area contributed by atoms with Crippen molar-refractivity contribution >= 4 is 5.91 Å². The summed E-state index contributed by atoms with van der Waals surface area (Å²) in [6, 6.07) is 3.01. The molecule has 1 saturated heterocycles. The molecule has 0 bridgehead atoms. The van der Waals surface area contributed by atoms with Crippen molar-refractivity contribution in [3.63, 3.8) is 0 Å². The van der Waals surface area contributed by atoms with Gasteiger partial charge in [0.15, 0.2) is 0 Å². The van der Waals surface area contributed by atoms with Crippen LogP contribution in [-0.2, 0) is 9.53 Å². The number of primary amides is 1. The van der Waals surface area contributed by atoms with E-state index >= 15 is 0 Å². The molecule has 1 aromatic heterocycles. The second-order valence-electron chi connectivity index (χ2n) is 3.60. The second kappa shape index (κ2) is 5.00. The Balaban J connectivity index is 2.20. The number of rotatable bonds is 3. The van der Waals surface area contributed by atoms with Crippen molar-refractivity contribution < 1.29 is 9.53 Å². The Labute approximate surface area is 93.4 Å². The van der Waals surface area contributed by atoms with Gasteiger partial charge in [-0.1, -0.05) is 0 Å². The van der Waals surface area contributed by atoms with Crippen LogP contribution in [0, 0.1) is 0 Å². The van der Waals surface area contributed by atoms with Crippen LogP contribution in [0.25, 0.3) is 0 Å². The van der Waals surface area contributed by atoms with Crippen LogP contribution in [0.15, 0.2) is 18.3 Å². The Morgan fingerprint density at radius 3 is 2.81 bits per heavy atom. The van der Waals surface area contributed by atoms with E-state index in [0.29, 0.717) is 32.0 Å². The molecule has 0 saturated carbocycles. The number of morpholine rings is 1. The van der Waals surface area contributed by atoms with Crippen molar-refractivity contribution in [2.45, 2.75) is 6.04 Å². The molecule has 6 heteroatoms. The zero-order chi connectivity index (χ0) is 11.4. The molecule has 1 aliphatic heterocycles. The molecule has 1 aliphatic rings. The largest absolute Gasteiger partial charge is 0.379 e. The summed E-state index contributed by atoms with van der Waals surface area (Å²) in [6.07, 6.45) is 1.57. The standard InChI is InChI=1S/C10H14N4O2/c11-10(15)9(8-2-1-3-12-13-8)14-4-6-16-7-5-14/h1-3,9H,4-7H2,(H2,11,15). The molecule has 0 aliphatic carbocycles. The Bertz CT molecular complexity index is 351. The normalized spacial score (nSPS) is 19.2. The van der Waals surface area contributed by atoms with Gasteiger partial charge in [0.2, 0.25) is 5.91 Å². The van der Waals surface area contributed by atoms with Crippen molar-refractivity contribution in [1.82, 2.24) is 15.1 Å². The first-order valence-corrected chi connectivity index (χ1v) is 5.18. The monoisotopic (exact) mass is 222 g/mol. The molecule has 16 heavy (non-hydrogen) atoms. The zero-order valence-corrected chi connectivity index (χ0v) is 8.87. The van der Waals surface area contributed by atoms with Crippen LogP contribution in [0.5, 0.6) is 0 Å². The topological polar surface area (TPSA) is 81.3 Å². The molecule has 86 valence electrons. The third kappa shape index (κ3) is 2.34. The minimum absolute atomic E-state index is 0.401. The third-order valence-corrected chi connectivity index (χ3v) is 2.55. The van der Waals surface area contributed by atoms with Gasteiger partial charge >= 0.3 is 0 Å². The first-order chi connectivity index (χ1) is 7.79. The zero-order valence-electron chi connectivity index (χ0n) is 8.87. The Hall–Kier alpha value is -1.53. The van der Waals surface area contributed by atoms with Crippen LogP contribution < -0.4 is 5.73 Å². The van der Waals surface area contributed by atoms with Gasteiger partial charge in [0, 0.05) is 19.3 Å². The number of ether oxygens (including phenoxy) is 1. The average Bonchev–Trinajstić information content (AvgIpc) is 2.31. The first kappa shape index (κ1) is 11.0. The van der Waals surface area contributed by atoms with Crippen LogP contribution >= 0.6 is 0 Å². The summed E-state index contributed by atoms with van der Waals surface area (Å²) in [5, 5.41) is 7.71. The highest BCUT2D eigenvalue weighted by Crippen LogP contribution is 2.18. The van der Waals surface area contributed by atoms with Crippen LogP contribution in [0.3, 0.4) is 0 Å². The molecule has 0 aromatic carbocycles. The Morgan fingerprint density at radius 2 is 2.25 bits per heavy atom. The van der Waals surface area contributed by atoms with Crippen LogP contribution in [0.1, 0.15) is 11.7 Å². The summed E-state index contributed by atoms with van der Waals surface area (Å²) in [5.41, 5.74) is 6.00. The quantitative estimate of drug-likeness (QED) is 0.734. The highest BCUT2D eigenvalue weighted by Gasteiger charge is 2.28. The van der Waals surface area contributed by atoms with Crippen molar-refractivity contribution in [3.8, 4) is 0 Å². The molecule has 6 nitrogen and oxygen atoms in total. The SMILES string of the molecule is NC(=O)C(c1cccnn1)N1CCOCC1. The van der Waals surface area contributed by atoms with Crippen LogP contribution in [0.2, 0.25) is 0 Å². The first-order valence-electron chi connectivity index (χ1n) is 5.18. The smallest absolute Gasteiger partial charge is 0.241 e. The molecule has 0 spiro atoms. The average molecular weight is 222 g/mol. The second-order valence-corrected chi connectivity index (χ2v) is 3.60. The molecular weight excluding hydrogens is 208 g/mol. The fraction of sp³-hybridized carbons (Fsp3) is 0.500. The number of nitrogens with two attached hydrogens (primary N) is 1. The summed E-state index contributed by atoms with van der Waals surface area (Å²) in [5.74, 6) is -0.401. The van der Waals surface area contributed by atoms with Crippen molar-refractivity contribution in [3.05, 3.63) is 24.0 Å². The van der Waals surface area contributed by atoms with Crippen LogP contribution in [0.4, 0.5) is 0 Å². The van der Waals surface area contributed by atoms with Gasteiger partial charge < -0.3 is 10.5 Å². The van der Waals surface area contributed by atoms with Crippen molar-refractivity contribution in [2.24, 2.45) is 5.73 Å². The van der Waals surface area contributed by atoms with Crippen LogP contribution in [-0.4, -0.2) is 47.3 Å². The van der Waals surface area contributed by atoms with E-state index in [2.05, 4.69) is 10.2 Å². The third-order valence-electron chi connectivity index (χ3n) is 2.55. The summed E-state index contributed by atoms with van der Waals surface area (Å²) in [6.45, 7) is 2.60. The maximum atomic E-state index is 11.5. The number of hydrogen-bond acceptors (Lipinski definition) is 5. The van der Waals surface area contributed by atoms with E-state index in [0.717, 1.165) is 0 Å². The number of carbonyl (C=O) groups is 1. The van der Waals surface area contributed by atoms with E-state index in [4.69, 9.17) is 10.5 Å². The van der Waals surface area contributed by atoms with Gasteiger partial charge in [-0.15, -0.1) is 0 Å². The van der Waals surface area contributed by atoms with Crippen molar-refractivity contribution in [1.29, 1.82) is 0 Å². The van der Waals surface area contributed by atoms with E-state index in [-0.39, 0.29) is 0 Å². The number of hydrogen-bond donors (Lipinski definition) is 1. The Morgan fingerprint density at radius 1 is 1.50 bits per heavy atom. The molecule has 1 atom stereocenters. The van der Waals surface area contributed by atoms with Gasteiger partial charge in [0.05, 0.1) is 18.9 Å². The van der Waals surface area contributed by atoms with E-state index in [1.54, 1.807) is 18.3 Å². The van der Waals surface area contributed by atoms with E-state index in [1.165, 1.54) is 0 Å². The maximum absolute atomic E-state index is 11.5. The molecule has 1 unspecified atom stereocenters. The molecule has 2 N–H and O–H groups in total. The molecular formula is C10H14N4O2. The molecule has 2 heterocycles. The molecule has 1 amide bonds. The number of aromatic nitrogens is 2. The number of carbonyl (C=O) groups excluding carboxylic acids is 1. The molecule has 1 aromatic rings. The molecule has 1 fully saturated rings. The van der Waals surface area contributed by atoms with Gasteiger partial charge in [-0.3, -0.25) is 9.69 Å². The minimum Gasteiger partial charge on any atom is -0.379 e. The lowest BCUT2D eigenvalue weighted by atomic mass is 10.1. The summed E-state index contributed by atoms with van der Waals surface area (Å²) >= 11 is 0. The molecule has 0 radical (unpaired) electrons. The van der Waals surface area contributed by atoms with E-state index < -0.39 is 11.9 Å². The summed E-state index contributed by atoms with van der Waals surface area (Å²) in [7, 11) is 0. The lowest BCUT2D eigenvalue weighted by Crippen LogP contribution is -2.44. The summed E-state index contributed by atoms with van der Waals surface area (Å²) < 4.78 is 5.24. The summed E-state index contributed by atoms with van der Waals surface area (Å²) in [4.78, 5) is 13.4. The fourth-order valence-electron chi connectivity index (χ4n) is 1.81. The highest BCUT2D eigenvalue weighted by atomic mass is 16.5. The van der Waals surface area contributed by atoms with E-state index in [9.17, 15) is 4.79 Å². The number of nitrogens with zero attached hydrogens (tertiary/aromatic N) is 3. The van der Waals surface area contributed by atoms with Gasteiger partial charge in [-0.05, 0) is 12.1 Å². The fourth-order valence-corrected chi connectivity index (χ4v) is 1.81. The minimum atomic E-state index is -0.502. The Kier molecular flexibility index (Phi) is 3.43.